The Labute approximate surface area is 181 Å². The van der Waals surface area contributed by atoms with Gasteiger partial charge in [-0.05, 0) is 26.2 Å². The maximum Gasteiger partial charge on any atom is 0.153 e. The molecular weight excluding hydrogens is 400 g/mol. The normalized spacial score (nSPS) is 23.0. The second kappa shape index (κ2) is 10.1. The zero-order valence-electron chi connectivity index (χ0n) is 18.4. The molecule has 1 aromatic heterocycles. The molecule has 30 heavy (non-hydrogen) atoms. The molecule has 2 fully saturated rings. The summed E-state index contributed by atoms with van der Waals surface area (Å²) in [7, 11) is -1.27. The van der Waals surface area contributed by atoms with Crippen LogP contribution in [0.4, 0.5) is 0 Å². The van der Waals surface area contributed by atoms with Gasteiger partial charge in [-0.2, -0.15) is 5.10 Å². The van der Waals surface area contributed by atoms with Crippen molar-refractivity contribution in [2.24, 2.45) is 11.8 Å². The lowest BCUT2D eigenvalue weighted by atomic mass is 9.74. The number of carbonyl (C=O) groups excluding carboxylic acids is 3. The predicted octanol–water partition coefficient (Wildman–Crippen LogP) is 3.90. The first kappa shape index (κ1) is 23.0. The third-order valence-corrected chi connectivity index (χ3v) is 7.31. The number of unbranched alkanes of at least 4 members (excludes halogenated alkanes) is 5. The minimum absolute atomic E-state index is 0.0973. The Bertz CT molecular complexity index is 823. The van der Waals surface area contributed by atoms with Gasteiger partial charge in [-0.3, -0.25) is 23.3 Å². The topological polar surface area (TPSA) is 86.1 Å². The summed E-state index contributed by atoms with van der Waals surface area (Å²) >= 11 is 0. The Hall–Kier alpha value is -1.63. The molecule has 7 heteroatoms. The molecule has 0 N–H and O–H groups in total. The second-order valence-electron chi connectivity index (χ2n) is 8.90. The zero-order valence-corrected chi connectivity index (χ0v) is 19.3. The van der Waals surface area contributed by atoms with E-state index in [4.69, 9.17) is 0 Å². The molecule has 0 radical (unpaired) electrons. The number of hydrogen-bond donors (Lipinski definition) is 0. The van der Waals surface area contributed by atoms with Crippen LogP contribution in [-0.2, 0) is 31.7 Å². The van der Waals surface area contributed by atoms with Crippen molar-refractivity contribution in [1.29, 1.82) is 0 Å². The summed E-state index contributed by atoms with van der Waals surface area (Å²) in [6, 6.07) is 0. The Morgan fingerprint density at radius 2 is 1.67 bits per heavy atom. The van der Waals surface area contributed by atoms with E-state index < -0.39 is 16.7 Å². The molecule has 1 atom stereocenters. The number of rotatable bonds is 11. The van der Waals surface area contributed by atoms with E-state index in [2.05, 4.69) is 12.0 Å². The maximum absolute atomic E-state index is 12.7. The van der Waals surface area contributed by atoms with Gasteiger partial charge in [0.2, 0.25) is 0 Å². The van der Waals surface area contributed by atoms with Crippen LogP contribution in [-0.4, -0.2) is 37.6 Å². The third kappa shape index (κ3) is 5.16. The van der Waals surface area contributed by atoms with Gasteiger partial charge >= 0.3 is 0 Å². The van der Waals surface area contributed by atoms with Gasteiger partial charge in [0, 0.05) is 43.0 Å². The lowest BCUT2D eigenvalue weighted by molar-refractivity contribution is -0.143. The van der Waals surface area contributed by atoms with Gasteiger partial charge in [-0.25, -0.2) is 0 Å². The molecule has 166 valence electrons. The van der Waals surface area contributed by atoms with Gasteiger partial charge in [-0.1, -0.05) is 39.0 Å². The van der Waals surface area contributed by atoms with Crippen LogP contribution in [0, 0.1) is 18.8 Å². The lowest BCUT2D eigenvalue weighted by Gasteiger charge is -2.26. The second-order valence-corrected chi connectivity index (χ2v) is 10.2. The molecule has 0 saturated heterocycles. The molecule has 2 saturated carbocycles. The van der Waals surface area contributed by atoms with Crippen molar-refractivity contribution in [1.82, 2.24) is 9.78 Å². The first-order valence-corrected chi connectivity index (χ1v) is 12.9. The van der Waals surface area contributed by atoms with E-state index in [0.29, 0.717) is 11.6 Å². The highest BCUT2D eigenvalue weighted by Gasteiger charge is 2.46. The van der Waals surface area contributed by atoms with Crippen molar-refractivity contribution >= 4 is 28.1 Å². The van der Waals surface area contributed by atoms with Crippen LogP contribution in [0.25, 0.3) is 0 Å². The van der Waals surface area contributed by atoms with Gasteiger partial charge in [-0.15, -0.1) is 0 Å². The molecular formula is C23H34N2O4S. The predicted molar refractivity (Wildman–Crippen MR) is 116 cm³/mol. The van der Waals surface area contributed by atoms with Crippen molar-refractivity contribution in [3.63, 3.8) is 0 Å². The van der Waals surface area contributed by atoms with Crippen molar-refractivity contribution in [3.05, 3.63) is 11.3 Å². The summed E-state index contributed by atoms with van der Waals surface area (Å²) in [5.41, 5.74) is 1.52. The number of aromatic nitrogens is 2. The monoisotopic (exact) mass is 434 g/mol. The lowest BCUT2D eigenvalue weighted by Crippen LogP contribution is -2.39. The van der Waals surface area contributed by atoms with Crippen molar-refractivity contribution < 1.29 is 18.6 Å². The van der Waals surface area contributed by atoms with Crippen LogP contribution < -0.4 is 0 Å². The van der Waals surface area contributed by atoms with Gasteiger partial charge in [0.25, 0.3) is 0 Å². The van der Waals surface area contributed by atoms with Crippen LogP contribution in [0.5, 0.6) is 0 Å². The van der Waals surface area contributed by atoms with Gasteiger partial charge in [0.1, 0.15) is 10.9 Å². The Morgan fingerprint density at radius 1 is 1.07 bits per heavy atom. The zero-order chi connectivity index (χ0) is 21.8. The van der Waals surface area contributed by atoms with Crippen LogP contribution >= 0.6 is 0 Å². The van der Waals surface area contributed by atoms with Gasteiger partial charge in [0.05, 0.1) is 16.5 Å². The third-order valence-electron chi connectivity index (χ3n) is 6.33. The molecule has 2 aliphatic rings. The van der Waals surface area contributed by atoms with E-state index in [1.165, 1.54) is 25.7 Å². The fraction of sp³-hybridized carbons (Fsp3) is 0.739. The standard InChI is InChI=1S/C23H34N2O4S/c1-4-5-6-7-8-9-12-25-23(30(3)29)20(15(2)24-25)17-13-18(26)21(19(27)14-17)22(28)16-10-11-16/h16-17,21H,4-14H2,1-3H3. The van der Waals surface area contributed by atoms with Crippen molar-refractivity contribution in [3.8, 4) is 0 Å². The summed E-state index contributed by atoms with van der Waals surface area (Å²) in [4.78, 5) is 37.8. The van der Waals surface area contributed by atoms with Crippen molar-refractivity contribution in [2.75, 3.05) is 6.26 Å². The quantitative estimate of drug-likeness (QED) is 0.389. The Balaban J connectivity index is 1.73. The summed E-state index contributed by atoms with van der Waals surface area (Å²) in [5.74, 6) is -2.22. The summed E-state index contributed by atoms with van der Waals surface area (Å²) in [6.07, 6.45) is 10.5. The summed E-state index contributed by atoms with van der Waals surface area (Å²) < 4.78 is 14.4. The first-order valence-electron chi connectivity index (χ1n) is 11.3. The Kier molecular flexibility index (Phi) is 7.77. The molecule has 3 rings (SSSR count). The average molecular weight is 435 g/mol. The number of carbonyl (C=O) groups is 3. The molecule has 1 heterocycles. The molecule has 0 spiro atoms. The number of Topliss-reactive ketones (excluding diaryl/α,β-unsaturated/α-hetero) is 3. The fourth-order valence-electron chi connectivity index (χ4n) is 4.64. The molecule has 2 aliphatic carbocycles. The highest BCUT2D eigenvalue weighted by molar-refractivity contribution is 7.84. The van der Waals surface area contributed by atoms with Crippen LogP contribution in [0.2, 0.25) is 0 Å². The van der Waals surface area contributed by atoms with E-state index in [-0.39, 0.29) is 42.0 Å². The number of ketones is 3. The van der Waals surface area contributed by atoms with Crippen LogP contribution in [0.15, 0.2) is 5.03 Å². The maximum atomic E-state index is 12.7. The molecule has 0 amide bonds. The smallest absolute Gasteiger partial charge is 0.153 e. The van der Waals surface area contributed by atoms with Gasteiger partial charge < -0.3 is 0 Å². The van der Waals surface area contributed by atoms with E-state index in [1.807, 2.05) is 11.6 Å². The largest absolute Gasteiger partial charge is 0.298 e. The van der Waals surface area contributed by atoms with Crippen LogP contribution in [0.3, 0.4) is 0 Å². The van der Waals surface area contributed by atoms with E-state index in [9.17, 15) is 18.6 Å². The number of aryl methyl sites for hydroxylation is 2. The molecule has 1 unspecified atom stereocenters. The summed E-state index contributed by atoms with van der Waals surface area (Å²) in [5, 5.41) is 5.26. The molecule has 0 bridgehead atoms. The van der Waals surface area contributed by atoms with E-state index in [1.54, 1.807) is 6.26 Å². The fourth-order valence-corrected chi connectivity index (χ4v) is 5.69. The van der Waals surface area contributed by atoms with Gasteiger partial charge in [0.15, 0.2) is 17.3 Å². The average Bonchev–Trinajstić information content (AvgIpc) is 3.47. The van der Waals surface area contributed by atoms with Crippen LogP contribution in [0.1, 0.15) is 88.3 Å². The Morgan fingerprint density at radius 3 is 2.23 bits per heavy atom. The highest BCUT2D eigenvalue weighted by Crippen LogP contribution is 2.40. The molecule has 0 aliphatic heterocycles. The van der Waals surface area contributed by atoms with Crippen molar-refractivity contribution in [2.45, 2.75) is 95.5 Å². The highest BCUT2D eigenvalue weighted by atomic mass is 32.2. The molecule has 1 aromatic rings. The minimum Gasteiger partial charge on any atom is -0.298 e. The first-order chi connectivity index (χ1) is 14.3. The molecule has 6 nitrogen and oxygen atoms in total. The molecule has 0 aromatic carbocycles. The van der Waals surface area contributed by atoms with E-state index in [0.717, 1.165) is 36.9 Å². The number of hydrogen-bond acceptors (Lipinski definition) is 5. The van der Waals surface area contributed by atoms with E-state index >= 15 is 0 Å². The summed E-state index contributed by atoms with van der Waals surface area (Å²) in [6.45, 7) is 4.75. The minimum atomic E-state index is -1.27. The SMILES string of the molecule is CCCCCCCCn1nc(C)c(C2CC(=O)C(C(=O)C3CC3)C(=O)C2)c1S(C)=O. The number of nitrogens with zero attached hydrogens (tertiary/aromatic N) is 2.